The number of amides is 1. The van der Waals surface area contributed by atoms with Crippen LogP contribution in [0.5, 0.6) is 5.75 Å². The van der Waals surface area contributed by atoms with E-state index in [0.717, 1.165) is 11.3 Å². The number of aromatic nitrogens is 1. The lowest BCUT2D eigenvalue weighted by Gasteiger charge is -2.09. The molecule has 0 aliphatic carbocycles. The summed E-state index contributed by atoms with van der Waals surface area (Å²) in [6.07, 6.45) is 2.65. The Balaban J connectivity index is 1.84. The molecular formula is C14H17N3O3S. The zero-order valence-corrected chi connectivity index (χ0v) is 12.5. The molecule has 6 nitrogen and oxygen atoms in total. The molecule has 0 radical (unpaired) electrons. The second kappa shape index (κ2) is 6.94. The van der Waals surface area contributed by atoms with Gasteiger partial charge in [-0.05, 0) is 18.6 Å². The molecular weight excluding hydrogens is 290 g/mol. The summed E-state index contributed by atoms with van der Waals surface area (Å²) in [5, 5.41) is 4.49. The highest BCUT2D eigenvalue weighted by Crippen LogP contribution is 2.24. The van der Waals surface area contributed by atoms with Crippen LogP contribution in [0.3, 0.4) is 0 Å². The highest BCUT2D eigenvalue weighted by molar-refractivity contribution is 7.07. The monoisotopic (exact) mass is 307 g/mol. The lowest BCUT2D eigenvalue weighted by molar-refractivity contribution is -0.116. The minimum atomic E-state index is -0.129. The number of hydrogen-bond acceptors (Lipinski definition) is 5. The van der Waals surface area contributed by atoms with Crippen molar-refractivity contribution in [1.29, 1.82) is 0 Å². The van der Waals surface area contributed by atoms with E-state index in [1.165, 1.54) is 0 Å². The zero-order chi connectivity index (χ0) is 15.2. The second-order valence-corrected chi connectivity index (χ2v) is 5.32. The average molecular weight is 307 g/mol. The molecule has 0 bridgehead atoms. The molecule has 0 aliphatic rings. The molecule has 1 heterocycles. The molecule has 1 amide bonds. The molecule has 1 aromatic heterocycles. The fourth-order valence-corrected chi connectivity index (χ4v) is 2.47. The molecule has 112 valence electrons. The fraction of sp³-hybridized carbons (Fsp3) is 0.286. The number of nitrogen functional groups attached to an aromatic ring is 1. The first kappa shape index (κ1) is 15.1. The number of aryl methyl sites for hydroxylation is 1. The van der Waals surface area contributed by atoms with E-state index in [0.29, 0.717) is 36.5 Å². The van der Waals surface area contributed by atoms with Crippen molar-refractivity contribution < 1.29 is 9.53 Å². The summed E-state index contributed by atoms with van der Waals surface area (Å²) in [7, 11) is 1.55. The van der Waals surface area contributed by atoms with Crippen LogP contribution in [0.4, 0.5) is 11.4 Å². The van der Waals surface area contributed by atoms with Crippen molar-refractivity contribution in [3.63, 3.8) is 0 Å². The summed E-state index contributed by atoms with van der Waals surface area (Å²) < 4.78 is 6.65. The molecule has 0 aliphatic heterocycles. The van der Waals surface area contributed by atoms with Gasteiger partial charge in [-0.15, -0.1) is 0 Å². The van der Waals surface area contributed by atoms with E-state index in [2.05, 4.69) is 5.32 Å². The van der Waals surface area contributed by atoms with Crippen LogP contribution in [0.2, 0.25) is 0 Å². The largest absolute Gasteiger partial charge is 0.497 e. The Morgan fingerprint density at radius 3 is 2.90 bits per heavy atom. The lowest BCUT2D eigenvalue weighted by Crippen LogP contribution is -2.16. The Labute approximate surface area is 126 Å². The van der Waals surface area contributed by atoms with Gasteiger partial charge in [-0.25, -0.2) is 0 Å². The Bertz CT molecular complexity index is 678. The minimum absolute atomic E-state index is 0.00481. The van der Waals surface area contributed by atoms with Gasteiger partial charge in [0.25, 0.3) is 0 Å². The number of hydrogen-bond donors (Lipinski definition) is 2. The number of nitrogens with one attached hydrogen (secondary N) is 1. The number of anilines is 2. The molecule has 0 saturated heterocycles. The quantitative estimate of drug-likeness (QED) is 0.798. The second-order valence-electron chi connectivity index (χ2n) is 4.47. The van der Waals surface area contributed by atoms with Gasteiger partial charge in [-0.2, -0.15) is 0 Å². The van der Waals surface area contributed by atoms with Crippen molar-refractivity contribution in [2.75, 3.05) is 18.2 Å². The number of methoxy groups -OCH3 is 1. The summed E-state index contributed by atoms with van der Waals surface area (Å²) in [6, 6.07) is 5.09. The van der Waals surface area contributed by atoms with Gasteiger partial charge in [0.05, 0.1) is 18.5 Å². The number of carbonyl (C=O) groups excluding carboxylic acids is 1. The van der Waals surface area contributed by atoms with Gasteiger partial charge in [-0.3, -0.25) is 9.59 Å². The first-order valence-corrected chi connectivity index (χ1v) is 7.35. The van der Waals surface area contributed by atoms with E-state index >= 15 is 0 Å². The summed E-state index contributed by atoms with van der Waals surface area (Å²) in [5.41, 5.74) is 6.85. The number of thiazole rings is 1. The number of ether oxygens (including phenoxy) is 1. The predicted molar refractivity (Wildman–Crippen MR) is 83.8 cm³/mol. The molecule has 0 atom stereocenters. The highest BCUT2D eigenvalue weighted by atomic mass is 32.1. The third kappa shape index (κ3) is 4.09. The number of nitrogens with zero attached hydrogens (tertiary/aromatic N) is 1. The standard InChI is InChI=1S/C14H17N3O3S/c1-20-10-4-5-12(11(15)9-10)16-13(18)3-2-6-17-7-8-21-14(17)19/h4-5,7-9H,2-3,6,15H2,1H3,(H,16,18). The van der Waals surface area contributed by atoms with Crippen LogP contribution in [0.25, 0.3) is 0 Å². The lowest BCUT2D eigenvalue weighted by atomic mass is 10.2. The van der Waals surface area contributed by atoms with E-state index in [1.54, 1.807) is 41.5 Å². The molecule has 21 heavy (non-hydrogen) atoms. The maximum absolute atomic E-state index is 11.8. The van der Waals surface area contributed by atoms with Gasteiger partial charge in [0.1, 0.15) is 5.75 Å². The van der Waals surface area contributed by atoms with Gasteiger partial charge < -0.3 is 20.4 Å². The maximum Gasteiger partial charge on any atom is 0.307 e. The Morgan fingerprint density at radius 1 is 1.48 bits per heavy atom. The van der Waals surface area contributed by atoms with Gasteiger partial charge in [0.15, 0.2) is 0 Å². The Hall–Kier alpha value is -2.28. The fourth-order valence-electron chi connectivity index (χ4n) is 1.86. The van der Waals surface area contributed by atoms with Crippen LogP contribution < -0.4 is 20.7 Å². The van der Waals surface area contributed by atoms with Gasteiger partial charge in [0.2, 0.25) is 5.91 Å². The van der Waals surface area contributed by atoms with Gasteiger partial charge in [0, 0.05) is 30.6 Å². The Kier molecular flexibility index (Phi) is 4.99. The molecule has 1 aromatic carbocycles. The predicted octanol–water partition coefficient (Wildman–Crippen LogP) is 1.92. The van der Waals surface area contributed by atoms with Crippen LogP contribution in [0.1, 0.15) is 12.8 Å². The number of rotatable bonds is 6. The molecule has 2 aromatic rings. The summed E-state index contributed by atoms with van der Waals surface area (Å²) >= 11 is 1.15. The van der Waals surface area contributed by atoms with Crippen LogP contribution >= 0.6 is 11.3 Å². The number of nitrogens with two attached hydrogens (primary N) is 1. The third-order valence-electron chi connectivity index (χ3n) is 2.98. The normalized spacial score (nSPS) is 10.3. The summed E-state index contributed by atoms with van der Waals surface area (Å²) in [6.45, 7) is 0.536. The van der Waals surface area contributed by atoms with Crippen LogP contribution in [-0.2, 0) is 11.3 Å². The average Bonchev–Trinajstić information content (AvgIpc) is 2.87. The first-order chi connectivity index (χ1) is 10.1. The first-order valence-electron chi connectivity index (χ1n) is 6.47. The third-order valence-corrected chi connectivity index (χ3v) is 3.67. The topological polar surface area (TPSA) is 86.3 Å². The number of carbonyl (C=O) groups is 1. The molecule has 0 fully saturated rings. The smallest absolute Gasteiger partial charge is 0.307 e. The van der Waals surface area contributed by atoms with Crippen molar-refractivity contribution in [1.82, 2.24) is 4.57 Å². The highest BCUT2D eigenvalue weighted by Gasteiger charge is 2.07. The SMILES string of the molecule is COc1ccc(NC(=O)CCCn2ccsc2=O)c(N)c1. The molecule has 0 spiro atoms. The van der Waals surface area contributed by atoms with E-state index in [1.807, 2.05) is 0 Å². The van der Waals surface area contributed by atoms with Crippen molar-refractivity contribution in [2.24, 2.45) is 0 Å². The molecule has 3 N–H and O–H groups in total. The summed E-state index contributed by atoms with van der Waals surface area (Å²) in [5.74, 6) is 0.512. The van der Waals surface area contributed by atoms with E-state index in [4.69, 9.17) is 10.5 Å². The molecule has 0 saturated carbocycles. The van der Waals surface area contributed by atoms with E-state index in [9.17, 15) is 9.59 Å². The van der Waals surface area contributed by atoms with E-state index in [-0.39, 0.29) is 10.8 Å². The zero-order valence-electron chi connectivity index (χ0n) is 11.7. The van der Waals surface area contributed by atoms with Crippen LogP contribution in [-0.4, -0.2) is 17.6 Å². The minimum Gasteiger partial charge on any atom is -0.497 e. The van der Waals surface area contributed by atoms with Gasteiger partial charge >= 0.3 is 4.87 Å². The van der Waals surface area contributed by atoms with E-state index < -0.39 is 0 Å². The van der Waals surface area contributed by atoms with Crippen molar-refractivity contribution in [3.05, 3.63) is 39.4 Å². The van der Waals surface area contributed by atoms with Crippen molar-refractivity contribution in [2.45, 2.75) is 19.4 Å². The maximum atomic E-state index is 11.8. The summed E-state index contributed by atoms with van der Waals surface area (Å²) in [4.78, 5) is 23.2. The molecule has 2 rings (SSSR count). The van der Waals surface area contributed by atoms with Crippen molar-refractivity contribution >= 4 is 28.6 Å². The number of benzene rings is 1. The molecule has 7 heteroatoms. The van der Waals surface area contributed by atoms with Crippen LogP contribution in [0.15, 0.2) is 34.6 Å². The molecule has 0 unspecified atom stereocenters. The van der Waals surface area contributed by atoms with Crippen LogP contribution in [0, 0.1) is 0 Å². The van der Waals surface area contributed by atoms with Gasteiger partial charge in [-0.1, -0.05) is 11.3 Å². The van der Waals surface area contributed by atoms with Crippen molar-refractivity contribution in [3.8, 4) is 5.75 Å². The Morgan fingerprint density at radius 2 is 2.29 bits per heavy atom.